The highest BCUT2D eigenvalue weighted by Crippen LogP contribution is 2.27. The van der Waals surface area contributed by atoms with Crippen molar-refractivity contribution < 1.29 is 19.2 Å². The Morgan fingerprint density at radius 2 is 1.44 bits per heavy atom. The van der Waals surface area contributed by atoms with E-state index in [1.165, 1.54) is 18.2 Å². The van der Waals surface area contributed by atoms with Crippen molar-refractivity contribution in [3.05, 3.63) is 106 Å². The molecule has 0 aromatic heterocycles. The van der Waals surface area contributed by atoms with E-state index in [9.17, 15) is 14.9 Å². The molecule has 0 unspecified atom stereocenters. The van der Waals surface area contributed by atoms with Crippen LogP contribution in [0.4, 0.5) is 5.69 Å². The third-order valence-electron chi connectivity index (χ3n) is 3.85. The molecule has 0 aliphatic carbocycles. The van der Waals surface area contributed by atoms with Crippen LogP contribution in [0.2, 0.25) is 0 Å². The molecule has 0 N–H and O–H groups in total. The van der Waals surface area contributed by atoms with Crippen LogP contribution in [0.5, 0.6) is 5.75 Å². The SMILES string of the molecule is O=C(OCc1ccccc1)c1ccc([N+](=O)[O-])cc1OCc1ccccc1. The van der Waals surface area contributed by atoms with Crippen LogP contribution in [0.25, 0.3) is 0 Å². The molecule has 0 amide bonds. The Hall–Kier alpha value is -3.67. The van der Waals surface area contributed by atoms with E-state index < -0.39 is 10.9 Å². The standard InChI is InChI=1S/C21H17NO5/c23-21(27-15-17-9-5-2-6-10-17)19-12-11-18(22(24)25)13-20(19)26-14-16-7-3-1-4-8-16/h1-13H,14-15H2. The van der Waals surface area contributed by atoms with Gasteiger partial charge >= 0.3 is 5.97 Å². The molecule has 6 nitrogen and oxygen atoms in total. The number of nitrogens with zero attached hydrogens (tertiary/aromatic N) is 1. The number of carbonyl (C=O) groups excluding carboxylic acids is 1. The first kappa shape index (κ1) is 18.1. The average molecular weight is 363 g/mol. The quantitative estimate of drug-likeness (QED) is 0.350. The number of nitro groups is 1. The molecule has 0 saturated carbocycles. The fraction of sp³-hybridized carbons (Fsp3) is 0.0952. The zero-order chi connectivity index (χ0) is 19.1. The Morgan fingerprint density at radius 1 is 0.852 bits per heavy atom. The summed E-state index contributed by atoms with van der Waals surface area (Å²) in [5.74, 6) is -0.483. The van der Waals surface area contributed by atoms with Crippen LogP contribution in [0.3, 0.4) is 0 Å². The first-order valence-electron chi connectivity index (χ1n) is 8.29. The summed E-state index contributed by atoms with van der Waals surface area (Å²) in [5.41, 5.74) is 1.72. The third kappa shape index (κ3) is 4.92. The van der Waals surface area contributed by atoms with Gasteiger partial charge in [-0.05, 0) is 17.2 Å². The maximum atomic E-state index is 12.5. The Morgan fingerprint density at radius 3 is 2.04 bits per heavy atom. The minimum absolute atomic E-state index is 0.106. The van der Waals surface area contributed by atoms with Crippen LogP contribution in [0, 0.1) is 10.1 Å². The summed E-state index contributed by atoms with van der Waals surface area (Å²) >= 11 is 0. The molecule has 6 heteroatoms. The van der Waals surface area contributed by atoms with Crippen molar-refractivity contribution in [2.24, 2.45) is 0 Å². The summed E-state index contributed by atoms with van der Waals surface area (Å²) in [6.45, 7) is 0.287. The van der Waals surface area contributed by atoms with Crippen molar-refractivity contribution >= 4 is 11.7 Å². The molecule has 0 heterocycles. The van der Waals surface area contributed by atoms with Gasteiger partial charge in [-0.25, -0.2) is 4.79 Å². The smallest absolute Gasteiger partial charge is 0.342 e. The summed E-state index contributed by atoms with van der Waals surface area (Å²) < 4.78 is 11.0. The van der Waals surface area contributed by atoms with Gasteiger partial charge in [0.15, 0.2) is 0 Å². The van der Waals surface area contributed by atoms with Gasteiger partial charge in [0.1, 0.15) is 24.5 Å². The minimum Gasteiger partial charge on any atom is -0.488 e. The molecule has 0 aliphatic rings. The van der Waals surface area contributed by atoms with Crippen LogP contribution in [-0.2, 0) is 18.0 Å². The highest BCUT2D eigenvalue weighted by molar-refractivity contribution is 5.93. The molecule has 3 rings (SSSR count). The molecule has 3 aromatic carbocycles. The van der Waals surface area contributed by atoms with Gasteiger partial charge in [-0.3, -0.25) is 10.1 Å². The molecule has 0 radical (unpaired) electrons. The van der Waals surface area contributed by atoms with E-state index in [1.807, 2.05) is 60.7 Å². The predicted molar refractivity (Wildman–Crippen MR) is 99.4 cm³/mol. The fourth-order valence-electron chi connectivity index (χ4n) is 2.45. The molecular formula is C21H17NO5. The van der Waals surface area contributed by atoms with Crippen molar-refractivity contribution in [3.63, 3.8) is 0 Å². The largest absolute Gasteiger partial charge is 0.488 e. The lowest BCUT2D eigenvalue weighted by molar-refractivity contribution is -0.384. The second-order valence-corrected chi connectivity index (χ2v) is 5.77. The first-order valence-corrected chi connectivity index (χ1v) is 8.29. The Labute approximate surface area is 156 Å². The number of hydrogen-bond acceptors (Lipinski definition) is 5. The summed E-state index contributed by atoms with van der Waals surface area (Å²) in [6, 6.07) is 22.4. The van der Waals surface area contributed by atoms with E-state index in [1.54, 1.807) is 0 Å². The Balaban J connectivity index is 1.78. The second kappa shape index (κ2) is 8.62. The Bertz CT molecular complexity index is 926. The highest BCUT2D eigenvalue weighted by atomic mass is 16.6. The van der Waals surface area contributed by atoms with E-state index >= 15 is 0 Å². The summed E-state index contributed by atoms with van der Waals surface area (Å²) in [7, 11) is 0. The van der Waals surface area contributed by atoms with E-state index in [-0.39, 0.29) is 30.2 Å². The van der Waals surface area contributed by atoms with E-state index in [2.05, 4.69) is 0 Å². The van der Waals surface area contributed by atoms with E-state index in [4.69, 9.17) is 9.47 Å². The minimum atomic E-state index is -0.600. The van der Waals surface area contributed by atoms with Crippen molar-refractivity contribution in [3.8, 4) is 5.75 Å². The third-order valence-corrected chi connectivity index (χ3v) is 3.85. The molecular weight excluding hydrogens is 346 g/mol. The summed E-state index contributed by atoms with van der Waals surface area (Å²) in [4.78, 5) is 23.0. The monoisotopic (exact) mass is 363 g/mol. The number of non-ortho nitro benzene ring substituents is 1. The maximum Gasteiger partial charge on any atom is 0.342 e. The number of benzene rings is 3. The van der Waals surface area contributed by atoms with Crippen LogP contribution < -0.4 is 4.74 Å². The number of rotatable bonds is 7. The number of hydrogen-bond donors (Lipinski definition) is 0. The van der Waals surface area contributed by atoms with Crippen molar-refractivity contribution in [2.45, 2.75) is 13.2 Å². The molecule has 3 aromatic rings. The van der Waals surface area contributed by atoms with E-state index in [0.717, 1.165) is 11.1 Å². The molecule has 0 spiro atoms. The zero-order valence-corrected chi connectivity index (χ0v) is 14.4. The molecule has 136 valence electrons. The van der Waals surface area contributed by atoms with Gasteiger partial charge in [0.25, 0.3) is 5.69 Å². The van der Waals surface area contributed by atoms with Crippen molar-refractivity contribution in [1.29, 1.82) is 0 Å². The fourth-order valence-corrected chi connectivity index (χ4v) is 2.45. The molecule has 0 aliphatic heterocycles. The number of nitro benzene ring substituents is 1. The van der Waals surface area contributed by atoms with Gasteiger partial charge in [0.05, 0.1) is 11.0 Å². The summed E-state index contributed by atoms with van der Waals surface area (Å²) in [6.07, 6.45) is 0. The van der Waals surface area contributed by atoms with Gasteiger partial charge in [0, 0.05) is 6.07 Å². The van der Waals surface area contributed by atoms with Crippen LogP contribution in [0.15, 0.2) is 78.9 Å². The van der Waals surface area contributed by atoms with Crippen molar-refractivity contribution in [2.75, 3.05) is 0 Å². The second-order valence-electron chi connectivity index (χ2n) is 5.77. The normalized spacial score (nSPS) is 10.2. The summed E-state index contributed by atoms with van der Waals surface area (Å²) in [5, 5.41) is 11.1. The van der Waals surface area contributed by atoms with Crippen LogP contribution >= 0.6 is 0 Å². The lowest BCUT2D eigenvalue weighted by Crippen LogP contribution is -2.09. The molecule has 0 fully saturated rings. The molecule has 0 atom stereocenters. The topological polar surface area (TPSA) is 78.7 Å². The predicted octanol–water partition coefficient (Wildman–Crippen LogP) is 4.53. The van der Waals surface area contributed by atoms with Crippen molar-refractivity contribution in [1.82, 2.24) is 0 Å². The average Bonchev–Trinajstić information content (AvgIpc) is 2.71. The Kier molecular flexibility index (Phi) is 5.79. The lowest BCUT2D eigenvalue weighted by Gasteiger charge is -2.11. The van der Waals surface area contributed by atoms with Crippen LogP contribution in [-0.4, -0.2) is 10.9 Å². The first-order chi connectivity index (χ1) is 13.1. The van der Waals surface area contributed by atoms with Gasteiger partial charge < -0.3 is 9.47 Å². The van der Waals surface area contributed by atoms with Gasteiger partial charge in [0.2, 0.25) is 0 Å². The number of esters is 1. The molecule has 0 bridgehead atoms. The maximum absolute atomic E-state index is 12.5. The number of ether oxygens (including phenoxy) is 2. The highest BCUT2D eigenvalue weighted by Gasteiger charge is 2.19. The van der Waals surface area contributed by atoms with Gasteiger partial charge in [-0.15, -0.1) is 0 Å². The van der Waals surface area contributed by atoms with Gasteiger partial charge in [-0.2, -0.15) is 0 Å². The van der Waals surface area contributed by atoms with Crippen LogP contribution in [0.1, 0.15) is 21.5 Å². The molecule has 0 saturated heterocycles. The van der Waals surface area contributed by atoms with E-state index in [0.29, 0.717) is 0 Å². The van der Waals surface area contributed by atoms with Gasteiger partial charge in [-0.1, -0.05) is 60.7 Å². The zero-order valence-electron chi connectivity index (χ0n) is 14.4. The molecule has 27 heavy (non-hydrogen) atoms. The number of carbonyl (C=O) groups is 1. The lowest BCUT2D eigenvalue weighted by atomic mass is 10.1.